The fraction of sp³-hybridized carbons (Fsp3) is 0.222. The summed E-state index contributed by atoms with van der Waals surface area (Å²) >= 11 is 3.05. The predicted octanol–water partition coefficient (Wildman–Crippen LogP) is 2.54. The largest absolute Gasteiger partial charge is 0.486 e. The van der Waals surface area contributed by atoms with E-state index < -0.39 is 0 Å². The minimum absolute atomic E-state index is 0.0411. The van der Waals surface area contributed by atoms with E-state index in [4.69, 9.17) is 4.74 Å². The predicted molar refractivity (Wildman–Crippen MR) is 55.1 cm³/mol. The number of rotatable bonds is 2. The number of carbonyl (C=O) groups is 1. The van der Waals surface area contributed by atoms with Crippen LogP contribution in [0.5, 0.6) is 0 Å². The third kappa shape index (κ3) is 2.14. The third-order valence-electron chi connectivity index (χ3n) is 1.58. The molecule has 1 aliphatic heterocycles. The van der Waals surface area contributed by atoms with E-state index in [1.165, 1.54) is 11.3 Å². The number of hydrogen-bond donors (Lipinski definition) is 0. The van der Waals surface area contributed by atoms with Crippen LogP contribution in [0.1, 0.15) is 9.67 Å². The molecule has 0 spiro atoms. The van der Waals surface area contributed by atoms with Gasteiger partial charge in [-0.2, -0.15) is 0 Å². The van der Waals surface area contributed by atoms with Gasteiger partial charge in [-0.15, -0.1) is 11.3 Å². The highest BCUT2D eigenvalue weighted by Gasteiger charge is 2.11. The molecule has 0 aromatic carbocycles. The van der Waals surface area contributed by atoms with Crippen LogP contribution in [0.25, 0.3) is 0 Å². The molecule has 0 amide bonds. The fourth-order valence-corrected chi connectivity index (χ4v) is 2.37. The molecule has 1 fully saturated rings. The van der Waals surface area contributed by atoms with Gasteiger partial charge in [-0.1, -0.05) is 17.8 Å². The fourth-order valence-electron chi connectivity index (χ4n) is 1.01. The lowest BCUT2D eigenvalue weighted by molar-refractivity contribution is 0.104. The molecule has 1 aliphatic rings. The zero-order valence-corrected chi connectivity index (χ0v) is 8.49. The molecule has 0 saturated carbocycles. The van der Waals surface area contributed by atoms with Crippen molar-refractivity contribution >= 4 is 28.9 Å². The molecule has 2 heterocycles. The van der Waals surface area contributed by atoms with Gasteiger partial charge in [0.1, 0.15) is 0 Å². The first-order chi connectivity index (χ1) is 6.36. The molecule has 4 heteroatoms. The summed E-state index contributed by atoms with van der Waals surface area (Å²) in [6, 6.07) is 3.70. The Balaban J connectivity index is 2.10. The van der Waals surface area contributed by atoms with Crippen LogP contribution >= 0.6 is 23.1 Å². The van der Waals surface area contributed by atoms with Crippen molar-refractivity contribution in [3.63, 3.8) is 0 Å². The minimum Gasteiger partial charge on any atom is -0.486 e. The van der Waals surface area contributed by atoms with Crippen molar-refractivity contribution in [3.8, 4) is 0 Å². The highest BCUT2D eigenvalue weighted by atomic mass is 32.2. The van der Waals surface area contributed by atoms with Crippen molar-refractivity contribution in [2.75, 3.05) is 12.4 Å². The van der Waals surface area contributed by atoms with Gasteiger partial charge in [0, 0.05) is 11.8 Å². The molecule has 0 atom stereocenters. The van der Waals surface area contributed by atoms with Gasteiger partial charge in [-0.05, 0) is 11.4 Å². The normalized spacial score (nSPS) is 18.9. The maximum Gasteiger partial charge on any atom is 0.199 e. The number of ketones is 1. The quantitative estimate of drug-likeness (QED) is 0.556. The van der Waals surface area contributed by atoms with E-state index in [0.717, 1.165) is 15.7 Å². The van der Waals surface area contributed by atoms with Crippen molar-refractivity contribution in [2.45, 2.75) is 0 Å². The molecular formula is C9H8O2S2. The second-order valence-corrected chi connectivity index (χ2v) is 4.55. The summed E-state index contributed by atoms with van der Waals surface area (Å²) in [5, 5.41) is 2.65. The van der Waals surface area contributed by atoms with Gasteiger partial charge in [-0.3, -0.25) is 4.79 Å². The van der Waals surface area contributed by atoms with Crippen molar-refractivity contribution in [2.24, 2.45) is 0 Å². The van der Waals surface area contributed by atoms with E-state index in [-0.39, 0.29) is 5.78 Å². The molecular weight excluding hydrogens is 204 g/mol. The Morgan fingerprint density at radius 2 is 2.54 bits per heavy atom. The standard InChI is InChI=1S/C9H8O2S2/c10-7(8-2-1-4-12-8)6-9-11-3-5-13-9/h1-2,4,6H,3,5H2/b9-6-. The summed E-state index contributed by atoms with van der Waals surface area (Å²) in [7, 11) is 0. The highest BCUT2D eigenvalue weighted by Crippen LogP contribution is 2.24. The molecule has 1 aromatic heterocycles. The van der Waals surface area contributed by atoms with Crippen LogP contribution in [0.4, 0.5) is 0 Å². The smallest absolute Gasteiger partial charge is 0.199 e. The first-order valence-corrected chi connectivity index (χ1v) is 5.78. The summed E-state index contributed by atoms with van der Waals surface area (Å²) in [4.78, 5) is 12.3. The lowest BCUT2D eigenvalue weighted by Crippen LogP contribution is -1.91. The Hall–Kier alpha value is -0.740. The Bertz CT molecular complexity index is 319. The lowest BCUT2D eigenvalue weighted by Gasteiger charge is -1.94. The third-order valence-corrected chi connectivity index (χ3v) is 3.36. The molecule has 0 radical (unpaired) electrons. The molecule has 2 nitrogen and oxygen atoms in total. The zero-order chi connectivity index (χ0) is 9.10. The average Bonchev–Trinajstić information content (AvgIpc) is 2.74. The molecule has 1 aromatic rings. The van der Waals surface area contributed by atoms with Crippen LogP contribution in [0.15, 0.2) is 28.7 Å². The summed E-state index contributed by atoms with van der Waals surface area (Å²) in [6.07, 6.45) is 1.57. The first-order valence-electron chi connectivity index (χ1n) is 3.91. The van der Waals surface area contributed by atoms with Crippen molar-refractivity contribution < 1.29 is 9.53 Å². The molecule has 2 rings (SSSR count). The molecule has 13 heavy (non-hydrogen) atoms. The Morgan fingerprint density at radius 1 is 1.62 bits per heavy atom. The van der Waals surface area contributed by atoms with Crippen LogP contribution in [0.2, 0.25) is 0 Å². The van der Waals surface area contributed by atoms with E-state index in [1.807, 2.05) is 17.5 Å². The second kappa shape index (κ2) is 3.98. The summed E-state index contributed by atoms with van der Waals surface area (Å²) < 4.78 is 5.23. The number of hydrogen-bond acceptors (Lipinski definition) is 4. The van der Waals surface area contributed by atoms with E-state index in [1.54, 1.807) is 17.8 Å². The average molecular weight is 212 g/mol. The van der Waals surface area contributed by atoms with Crippen LogP contribution in [0, 0.1) is 0 Å². The van der Waals surface area contributed by atoms with Crippen molar-refractivity contribution in [1.82, 2.24) is 0 Å². The maximum absolute atomic E-state index is 11.5. The van der Waals surface area contributed by atoms with Gasteiger partial charge < -0.3 is 4.74 Å². The summed E-state index contributed by atoms with van der Waals surface area (Å²) in [6.45, 7) is 0.716. The molecule has 0 unspecified atom stereocenters. The Kier molecular flexibility index (Phi) is 2.71. The molecule has 1 saturated heterocycles. The van der Waals surface area contributed by atoms with Gasteiger partial charge in [0.15, 0.2) is 10.9 Å². The van der Waals surface area contributed by atoms with Crippen molar-refractivity contribution in [1.29, 1.82) is 0 Å². The topological polar surface area (TPSA) is 26.3 Å². The monoisotopic (exact) mass is 212 g/mol. The van der Waals surface area contributed by atoms with E-state index in [2.05, 4.69) is 0 Å². The van der Waals surface area contributed by atoms with E-state index in [9.17, 15) is 4.79 Å². The zero-order valence-electron chi connectivity index (χ0n) is 6.86. The summed E-state index contributed by atoms with van der Waals surface area (Å²) in [5.74, 6) is 0.989. The highest BCUT2D eigenvalue weighted by molar-refractivity contribution is 8.03. The maximum atomic E-state index is 11.5. The van der Waals surface area contributed by atoms with Crippen LogP contribution in [0.3, 0.4) is 0 Å². The van der Waals surface area contributed by atoms with Crippen LogP contribution < -0.4 is 0 Å². The Morgan fingerprint density at radius 3 is 3.15 bits per heavy atom. The number of thiophene rings is 1. The van der Waals surface area contributed by atoms with Gasteiger partial charge in [0.2, 0.25) is 0 Å². The number of allylic oxidation sites excluding steroid dienone is 1. The first kappa shape index (κ1) is 8.84. The Labute approximate surface area is 84.6 Å². The van der Waals surface area contributed by atoms with E-state index in [0.29, 0.717) is 6.61 Å². The number of ether oxygens (including phenoxy) is 1. The van der Waals surface area contributed by atoms with E-state index >= 15 is 0 Å². The summed E-state index contributed by atoms with van der Waals surface area (Å²) in [5.41, 5.74) is 0. The lowest BCUT2D eigenvalue weighted by atomic mass is 10.3. The molecule has 0 N–H and O–H groups in total. The second-order valence-electron chi connectivity index (χ2n) is 2.50. The van der Waals surface area contributed by atoms with Crippen LogP contribution in [-0.2, 0) is 4.74 Å². The van der Waals surface area contributed by atoms with Crippen molar-refractivity contribution in [3.05, 3.63) is 33.6 Å². The molecule has 0 bridgehead atoms. The SMILES string of the molecule is O=C(/C=C1/OCCS1)c1cccs1. The van der Waals surface area contributed by atoms with Crippen LogP contribution in [-0.4, -0.2) is 18.1 Å². The van der Waals surface area contributed by atoms with Gasteiger partial charge in [0.05, 0.1) is 11.5 Å². The molecule has 0 aliphatic carbocycles. The number of thioether (sulfide) groups is 1. The number of carbonyl (C=O) groups excluding carboxylic acids is 1. The van der Waals surface area contributed by atoms with Gasteiger partial charge >= 0.3 is 0 Å². The minimum atomic E-state index is 0.0411. The van der Waals surface area contributed by atoms with Gasteiger partial charge in [0.25, 0.3) is 0 Å². The van der Waals surface area contributed by atoms with Gasteiger partial charge in [-0.25, -0.2) is 0 Å². The molecule has 68 valence electrons.